The van der Waals surface area contributed by atoms with E-state index in [1.807, 2.05) is 30.3 Å². The molecule has 138 valence electrons. The van der Waals surface area contributed by atoms with E-state index in [1.54, 1.807) is 0 Å². The Labute approximate surface area is 154 Å². The van der Waals surface area contributed by atoms with Crippen LogP contribution in [0.25, 0.3) is 11.3 Å². The number of aromatic nitrogens is 1. The molecular formula is C21H27N3O2. The van der Waals surface area contributed by atoms with Gasteiger partial charge in [0.05, 0.1) is 0 Å². The fourth-order valence-electron chi connectivity index (χ4n) is 4.02. The molecule has 0 spiro atoms. The third-order valence-corrected chi connectivity index (χ3v) is 5.52. The summed E-state index contributed by atoms with van der Waals surface area (Å²) >= 11 is 0. The molecule has 1 saturated heterocycles. The lowest BCUT2D eigenvalue weighted by molar-refractivity contribution is 0.0923. The van der Waals surface area contributed by atoms with Crippen molar-refractivity contribution in [2.45, 2.75) is 56.9 Å². The molecule has 2 aliphatic rings. The predicted octanol–water partition coefficient (Wildman–Crippen LogP) is 3.87. The number of hydrogen-bond acceptors (Lipinski definition) is 4. The van der Waals surface area contributed by atoms with Crippen LogP contribution in [-0.4, -0.2) is 30.0 Å². The van der Waals surface area contributed by atoms with Crippen molar-refractivity contribution in [3.63, 3.8) is 0 Å². The van der Waals surface area contributed by atoms with Gasteiger partial charge in [0.25, 0.3) is 5.91 Å². The highest BCUT2D eigenvalue weighted by Crippen LogP contribution is 2.32. The summed E-state index contributed by atoms with van der Waals surface area (Å²) in [6, 6.07) is 10.1. The molecule has 1 amide bonds. The van der Waals surface area contributed by atoms with Gasteiger partial charge in [-0.25, -0.2) is 4.98 Å². The lowest BCUT2D eigenvalue weighted by Gasteiger charge is -2.22. The van der Waals surface area contributed by atoms with Gasteiger partial charge in [-0.05, 0) is 38.8 Å². The van der Waals surface area contributed by atoms with Crippen LogP contribution in [0.15, 0.2) is 34.7 Å². The molecule has 5 heteroatoms. The second kappa shape index (κ2) is 8.04. The summed E-state index contributed by atoms with van der Waals surface area (Å²) in [6.07, 6.45) is 7.77. The summed E-state index contributed by atoms with van der Waals surface area (Å²) in [4.78, 5) is 17.6. The maximum absolute atomic E-state index is 13.0. The second-order valence-corrected chi connectivity index (χ2v) is 7.43. The molecule has 1 aromatic heterocycles. The molecule has 5 nitrogen and oxygen atoms in total. The number of carbonyl (C=O) groups excluding carboxylic acids is 1. The number of oxazole rings is 1. The highest BCUT2D eigenvalue weighted by atomic mass is 16.4. The fourth-order valence-corrected chi connectivity index (χ4v) is 4.02. The van der Waals surface area contributed by atoms with Crippen LogP contribution >= 0.6 is 0 Å². The van der Waals surface area contributed by atoms with Gasteiger partial charge in [-0.2, -0.15) is 0 Å². The molecule has 1 aliphatic heterocycles. The van der Waals surface area contributed by atoms with Gasteiger partial charge in [-0.15, -0.1) is 0 Å². The van der Waals surface area contributed by atoms with Crippen molar-refractivity contribution in [3.8, 4) is 11.3 Å². The first-order valence-electron chi connectivity index (χ1n) is 9.89. The van der Waals surface area contributed by atoms with Gasteiger partial charge in [-0.1, -0.05) is 49.6 Å². The first-order valence-corrected chi connectivity index (χ1v) is 9.89. The molecule has 0 atom stereocenters. The molecule has 2 fully saturated rings. The first kappa shape index (κ1) is 17.3. The number of nitrogens with one attached hydrogen (secondary N) is 2. The van der Waals surface area contributed by atoms with Crippen molar-refractivity contribution < 1.29 is 9.21 Å². The van der Waals surface area contributed by atoms with Crippen LogP contribution in [-0.2, 0) is 0 Å². The molecule has 0 bridgehead atoms. The van der Waals surface area contributed by atoms with Crippen LogP contribution in [0, 0.1) is 0 Å². The maximum atomic E-state index is 13.0. The number of benzene rings is 1. The maximum Gasteiger partial charge on any atom is 0.274 e. The molecule has 1 aliphatic carbocycles. The predicted molar refractivity (Wildman–Crippen MR) is 101 cm³/mol. The summed E-state index contributed by atoms with van der Waals surface area (Å²) in [5.41, 5.74) is 1.35. The Morgan fingerprint density at radius 1 is 1.04 bits per heavy atom. The Morgan fingerprint density at radius 3 is 2.50 bits per heavy atom. The minimum atomic E-state index is -0.0975. The van der Waals surface area contributed by atoms with Gasteiger partial charge in [0.15, 0.2) is 17.3 Å². The van der Waals surface area contributed by atoms with E-state index in [1.165, 1.54) is 19.3 Å². The third-order valence-electron chi connectivity index (χ3n) is 5.52. The van der Waals surface area contributed by atoms with Gasteiger partial charge in [0.2, 0.25) is 0 Å². The van der Waals surface area contributed by atoms with Gasteiger partial charge in [0.1, 0.15) is 0 Å². The van der Waals surface area contributed by atoms with Crippen molar-refractivity contribution in [2.24, 2.45) is 0 Å². The normalized spacial score (nSPS) is 19.4. The minimum Gasteiger partial charge on any atom is -0.440 e. The second-order valence-electron chi connectivity index (χ2n) is 7.43. The van der Waals surface area contributed by atoms with Crippen LogP contribution < -0.4 is 10.6 Å². The van der Waals surface area contributed by atoms with Crippen molar-refractivity contribution in [1.29, 1.82) is 0 Å². The summed E-state index contributed by atoms with van der Waals surface area (Å²) in [7, 11) is 0. The Kier molecular flexibility index (Phi) is 5.34. The lowest BCUT2D eigenvalue weighted by Crippen LogP contribution is -2.36. The number of amides is 1. The van der Waals surface area contributed by atoms with E-state index < -0.39 is 0 Å². The molecule has 4 rings (SSSR count). The van der Waals surface area contributed by atoms with Gasteiger partial charge < -0.3 is 15.1 Å². The molecule has 0 radical (unpaired) electrons. The van der Waals surface area contributed by atoms with Crippen molar-refractivity contribution in [3.05, 3.63) is 41.9 Å². The lowest BCUT2D eigenvalue weighted by atomic mass is 9.95. The number of nitrogens with zero attached hydrogens (tertiary/aromatic N) is 1. The smallest absolute Gasteiger partial charge is 0.274 e. The van der Waals surface area contributed by atoms with Crippen LogP contribution in [0.5, 0.6) is 0 Å². The van der Waals surface area contributed by atoms with Gasteiger partial charge in [-0.3, -0.25) is 4.79 Å². The summed E-state index contributed by atoms with van der Waals surface area (Å²) in [5.74, 6) is 1.50. The quantitative estimate of drug-likeness (QED) is 0.875. The molecule has 26 heavy (non-hydrogen) atoms. The summed E-state index contributed by atoms with van der Waals surface area (Å²) in [6.45, 7) is 1.94. The van der Waals surface area contributed by atoms with E-state index in [4.69, 9.17) is 4.42 Å². The van der Waals surface area contributed by atoms with E-state index >= 15 is 0 Å². The Balaban J connectivity index is 1.62. The average Bonchev–Trinajstić information content (AvgIpc) is 3.16. The van der Waals surface area contributed by atoms with Crippen molar-refractivity contribution >= 4 is 5.91 Å². The third kappa shape index (κ3) is 3.83. The Hall–Kier alpha value is -2.14. The zero-order valence-electron chi connectivity index (χ0n) is 15.2. The number of carbonyl (C=O) groups is 1. The monoisotopic (exact) mass is 353 g/mol. The van der Waals surface area contributed by atoms with Gasteiger partial charge >= 0.3 is 0 Å². The van der Waals surface area contributed by atoms with E-state index in [0.717, 1.165) is 44.3 Å². The summed E-state index contributed by atoms with van der Waals surface area (Å²) in [5, 5.41) is 6.55. The number of piperidine rings is 1. The molecule has 0 unspecified atom stereocenters. The van der Waals surface area contributed by atoms with Crippen LogP contribution in [0.2, 0.25) is 0 Å². The van der Waals surface area contributed by atoms with Crippen LogP contribution in [0.4, 0.5) is 0 Å². The van der Waals surface area contributed by atoms with E-state index in [9.17, 15) is 4.79 Å². The Bertz CT molecular complexity index is 729. The largest absolute Gasteiger partial charge is 0.440 e. The van der Waals surface area contributed by atoms with Gasteiger partial charge in [0, 0.05) is 17.5 Å². The highest BCUT2D eigenvalue weighted by Gasteiger charge is 2.28. The Morgan fingerprint density at radius 2 is 1.77 bits per heavy atom. The highest BCUT2D eigenvalue weighted by molar-refractivity contribution is 5.97. The topological polar surface area (TPSA) is 67.2 Å². The number of hydrogen-bond donors (Lipinski definition) is 2. The van der Waals surface area contributed by atoms with E-state index in [2.05, 4.69) is 15.6 Å². The van der Waals surface area contributed by atoms with Crippen LogP contribution in [0.3, 0.4) is 0 Å². The molecule has 1 aromatic carbocycles. The average molecular weight is 353 g/mol. The minimum absolute atomic E-state index is 0.0975. The van der Waals surface area contributed by atoms with E-state index in [0.29, 0.717) is 17.3 Å². The van der Waals surface area contributed by atoms with E-state index in [-0.39, 0.29) is 17.9 Å². The SMILES string of the molecule is O=C(NC1CCCCC1)c1nc(C2CCNCC2)oc1-c1ccccc1. The molecule has 2 heterocycles. The molecule has 2 aromatic rings. The van der Waals surface area contributed by atoms with Crippen LogP contribution in [0.1, 0.15) is 67.2 Å². The molecular weight excluding hydrogens is 326 g/mol. The van der Waals surface area contributed by atoms with Crippen molar-refractivity contribution in [1.82, 2.24) is 15.6 Å². The summed E-state index contributed by atoms with van der Waals surface area (Å²) < 4.78 is 6.15. The van der Waals surface area contributed by atoms with Crippen molar-refractivity contribution in [2.75, 3.05) is 13.1 Å². The number of rotatable bonds is 4. The fraction of sp³-hybridized carbons (Fsp3) is 0.524. The molecule has 1 saturated carbocycles. The molecule has 2 N–H and O–H groups in total. The standard InChI is InChI=1S/C21H27N3O2/c25-20(23-17-9-5-2-6-10-17)18-19(15-7-3-1-4-8-15)26-21(24-18)16-11-13-22-14-12-16/h1,3-4,7-8,16-17,22H,2,5-6,9-14H2,(H,23,25). The zero-order chi connectivity index (χ0) is 17.8. The first-order chi connectivity index (χ1) is 12.8. The zero-order valence-corrected chi connectivity index (χ0v) is 15.2.